The molecule has 0 aliphatic heterocycles. The second-order valence-corrected chi connectivity index (χ2v) is 5.27. The van der Waals surface area contributed by atoms with E-state index in [1.54, 1.807) is 32.1 Å². The van der Waals surface area contributed by atoms with Crippen LogP contribution in [0.3, 0.4) is 0 Å². The molecule has 0 radical (unpaired) electrons. The highest BCUT2D eigenvalue weighted by atomic mass is 14.6. The quantitative estimate of drug-likeness (QED) is 0.523. The number of hydrogen-bond acceptors (Lipinski definition) is 0. The minimum absolute atomic E-state index is 0.822. The van der Waals surface area contributed by atoms with E-state index < -0.39 is 0 Å². The van der Waals surface area contributed by atoms with Crippen LogP contribution in [0.4, 0.5) is 0 Å². The van der Waals surface area contributed by atoms with Crippen molar-refractivity contribution < 1.29 is 0 Å². The van der Waals surface area contributed by atoms with E-state index in [9.17, 15) is 0 Å². The number of fused-ring (bicyclic) bond motifs is 5. The van der Waals surface area contributed by atoms with Crippen molar-refractivity contribution >= 4 is 0 Å². The van der Waals surface area contributed by atoms with Crippen LogP contribution in [0.1, 0.15) is 59.3 Å². The molecular weight excluding hydrogens is 156 g/mol. The first-order valence-electron chi connectivity index (χ1n) is 6.31. The number of hydrogen-bond donors (Lipinski definition) is 0. The summed E-state index contributed by atoms with van der Waals surface area (Å²) >= 11 is 0. The fourth-order valence-corrected chi connectivity index (χ4v) is 4.48. The molecule has 0 aromatic rings. The van der Waals surface area contributed by atoms with Gasteiger partial charge in [0.05, 0.1) is 0 Å². The predicted molar refractivity (Wildman–Crippen MR) is 57.6 cm³/mol. The minimum atomic E-state index is 0.822. The molecule has 13 heavy (non-hydrogen) atoms. The third-order valence-corrected chi connectivity index (χ3v) is 5.05. The van der Waals surface area contributed by atoms with Crippen LogP contribution in [0.25, 0.3) is 0 Å². The molecule has 2 bridgehead atoms. The molecule has 3 aliphatic carbocycles. The monoisotopic (exact) mass is 180 g/mol. The van der Waals surface area contributed by atoms with Gasteiger partial charge in [-0.2, -0.15) is 0 Å². The van der Waals surface area contributed by atoms with Crippen LogP contribution in [0.2, 0.25) is 0 Å². The molecule has 0 aromatic heterocycles. The molecule has 0 nitrogen and oxygen atoms in total. The lowest BCUT2D eigenvalue weighted by molar-refractivity contribution is 0.135. The van der Waals surface area contributed by atoms with Crippen LogP contribution in [0.15, 0.2) is 0 Å². The van der Waals surface area contributed by atoms with E-state index in [4.69, 9.17) is 0 Å². The summed E-state index contributed by atoms with van der Waals surface area (Å²) in [7, 11) is 0. The molecule has 0 heteroatoms. The third kappa shape index (κ3) is 1.17. The van der Waals surface area contributed by atoms with Crippen molar-refractivity contribution in [3.8, 4) is 0 Å². The molecule has 0 spiro atoms. The maximum absolute atomic E-state index is 2.58. The Balaban J connectivity index is 0.000000308. The Morgan fingerprint density at radius 3 is 2.54 bits per heavy atom. The average Bonchev–Trinajstić information content (AvgIpc) is 2.77. The summed E-state index contributed by atoms with van der Waals surface area (Å²) < 4.78 is 0. The van der Waals surface area contributed by atoms with E-state index in [1.807, 2.05) is 13.8 Å². The van der Waals surface area contributed by atoms with E-state index in [0.717, 1.165) is 23.2 Å². The zero-order valence-electron chi connectivity index (χ0n) is 9.47. The predicted octanol–water partition coefficient (Wildman–Crippen LogP) is 4.25. The van der Waals surface area contributed by atoms with Gasteiger partial charge in [-0.25, -0.2) is 0 Å². The van der Waals surface area contributed by atoms with Crippen LogP contribution in [0, 0.1) is 23.2 Å². The van der Waals surface area contributed by atoms with Crippen molar-refractivity contribution in [2.45, 2.75) is 59.3 Å². The van der Waals surface area contributed by atoms with Crippen LogP contribution in [-0.4, -0.2) is 0 Å². The lowest BCUT2D eigenvalue weighted by Crippen LogP contribution is -2.28. The molecule has 0 heterocycles. The Morgan fingerprint density at radius 2 is 1.85 bits per heavy atom. The first-order valence-corrected chi connectivity index (χ1v) is 6.31. The highest BCUT2D eigenvalue weighted by molar-refractivity contribution is 5.06. The Morgan fingerprint density at radius 1 is 1.08 bits per heavy atom. The fraction of sp³-hybridized carbons (Fsp3) is 1.00. The first kappa shape index (κ1) is 9.55. The van der Waals surface area contributed by atoms with Crippen LogP contribution in [0.5, 0.6) is 0 Å². The SMILES string of the molecule is CC.CC12CCCC1C1CCC2C1. The second-order valence-electron chi connectivity index (χ2n) is 5.27. The average molecular weight is 180 g/mol. The summed E-state index contributed by atoms with van der Waals surface area (Å²) in [5, 5.41) is 0. The van der Waals surface area contributed by atoms with Gasteiger partial charge in [-0.3, -0.25) is 0 Å². The highest BCUT2D eigenvalue weighted by Crippen LogP contribution is 2.65. The molecule has 4 unspecified atom stereocenters. The van der Waals surface area contributed by atoms with Crippen molar-refractivity contribution in [2.24, 2.45) is 23.2 Å². The molecule has 76 valence electrons. The van der Waals surface area contributed by atoms with E-state index >= 15 is 0 Å². The van der Waals surface area contributed by atoms with Crippen molar-refractivity contribution in [3.63, 3.8) is 0 Å². The van der Waals surface area contributed by atoms with Crippen molar-refractivity contribution in [1.82, 2.24) is 0 Å². The Bertz CT molecular complexity index is 184. The van der Waals surface area contributed by atoms with Gasteiger partial charge in [0.2, 0.25) is 0 Å². The van der Waals surface area contributed by atoms with Gasteiger partial charge in [0.15, 0.2) is 0 Å². The Hall–Kier alpha value is 0. The lowest BCUT2D eigenvalue weighted by atomic mass is 9.69. The Kier molecular flexibility index (Phi) is 2.42. The molecular formula is C13H24. The summed E-state index contributed by atoms with van der Waals surface area (Å²) in [6.45, 7) is 6.58. The zero-order chi connectivity index (χ0) is 9.47. The number of rotatable bonds is 0. The smallest absolute Gasteiger partial charge is 0.0266 e. The third-order valence-electron chi connectivity index (χ3n) is 5.05. The van der Waals surface area contributed by atoms with Crippen molar-refractivity contribution in [3.05, 3.63) is 0 Å². The molecule has 0 N–H and O–H groups in total. The summed E-state index contributed by atoms with van der Waals surface area (Å²) in [5.74, 6) is 3.45. The minimum Gasteiger partial charge on any atom is -0.0683 e. The molecule has 0 amide bonds. The van der Waals surface area contributed by atoms with Gasteiger partial charge < -0.3 is 0 Å². The molecule has 3 aliphatic rings. The summed E-state index contributed by atoms with van der Waals surface area (Å²) in [5.41, 5.74) is 0.822. The normalized spacial score (nSPS) is 51.5. The molecule has 3 rings (SSSR count). The maximum atomic E-state index is 2.58. The van der Waals surface area contributed by atoms with Gasteiger partial charge in [-0.15, -0.1) is 0 Å². The molecule has 0 aromatic carbocycles. The summed E-state index contributed by atoms with van der Waals surface area (Å²) in [6, 6.07) is 0. The van der Waals surface area contributed by atoms with Crippen LogP contribution < -0.4 is 0 Å². The van der Waals surface area contributed by atoms with Crippen molar-refractivity contribution in [1.29, 1.82) is 0 Å². The van der Waals surface area contributed by atoms with Gasteiger partial charge in [-0.1, -0.05) is 27.2 Å². The zero-order valence-corrected chi connectivity index (χ0v) is 9.47. The summed E-state index contributed by atoms with van der Waals surface area (Å²) in [6.07, 6.45) is 9.40. The van der Waals surface area contributed by atoms with E-state index in [0.29, 0.717) is 0 Å². The maximum Gasteiger partial charge on any atom is -0.0266 e. The second kappa shape index (κ2) is 3.29. The first-order chi connectivity index (χ1) is 6.31. The fourth-order valence-electron chi connectivity index (χ4n) is 4.48. The van der Waals surface area contributed by atoms with E-state index in [2.05, 4.69) is 6.92 Å². The van der Waals surface area contributed by atoms with Crippen LogP contribution >= 0.6 is 0 Å². The van der Waals surface area contributed by atoms with E-state index in [1.165, 1.54) is 6.42 Å². The van der Waals surface area contributed by atoms with Gasteiger partial charge in [-0.05, 0) is 55.3 Å². The van der Waals surface area contributed by atoms with Gasteiger partial charge in [0.25, 0.3) is 0 Å². The lowest BCUT2D eigenvalue weighted by Gasteiger charge is -2.35. The van der Waals surface area contributed by atoms with E-state index in [-0.39, 0.29) is 0 Å². The Labute approximate surface area is 83.1 Å². The molecule has 0 saturated heterocycles. The van der Waals surface area contributed by atoms with Crippen molar-refractivity contribution in [2.75, 3.05) is 0 Å². The van der Waals surface area contributed by atoms with Crippen LogP contribution in [-0.2, 0) is 0 Å². The molecule has 3 saturated carbocycles. The molecule has 4 atom stereocenters. The van der Waals surface area contributed by atoms with Gasteiger partial charge >= 0.3 is 0 Å². The summed E-state index contributed by atoms with van der Waals surface area (Å²) in [4.78, 5) is 0. The largest absolute Gasteiger partial charge is 0.0683 e. The topological polar surface area (TPSA) is 0 Å². The molecule has 3 fully saturated rings. The highest BCUT2D eigenvalue weighted by Gasteiger charge is 2.56. The standard InChI is InChI=1S/C11H18.C2H6/c1-11-6-2-3-10(11)8-4-5-9(11)7-8;1-2/h8-10H,2-7H2,1H3;1-2H3. The van der Waals surface area contributed by atoms with Gasteiger partial charge in [0.1, 0.15) is 0 Å². The van der Waals surface area contributed by atoms with Gasteiger partial charge in [0, 0.05) is 0 Å².